The minimum Gasteiger partial charge on any atom is -0.350 e. The molecule has 1 aromatic carbocycles. The van der Waals surface area contributed by atoms with Crippen molar-refractivity contribution in [3.8, 4) is 6.07 Å². The molecule has 35 heavy (non-hydrogen) atoms. The van der Waals surface area contributed by atoms with Gasteiger partial charge in [0.15, 0.2) is 5.82 Å². The van der Waals surface area contributed by atoms with E-state index in [-0.39, 0.29) is 18.3 Å². The van der Waals surface area contributed by atoms with Gasteiger partial charge in [0, 0.05) is 56.9 Å². The van der Waals surface area contributed by atoms with Crippen LogP contribution in [0.2, 0.25) is 0 Å². The fraction of sp³-hybridized carbons (Fsp3) is 0.370. The van der Waals surface area contributed by atoms with Crippen molar-refractivity contribution < 1.29 is 4.79 Å². The van der Waals surface area contributed by atoms with Crippen molar-refractivity contribution in [3.05, 3.63) is 71.1 Å². The second-order valence-corrected chi connectivity index (χ2v) is 9.01. The lowest BCUT2D eigenvalue weighted by molar-refractivity contribution is 0.0730. The van der Waals surface area contributed by atoms with Crippen LogP contribution in [0.5, 0.6) is 0 Å². The number of benzene rings is 1. The minimum absolute atomic E-state index is 0. The standard InChI is InChI=1S/C27H30N6O.ClH/c1-3-13-33-19(2)22(8-10-28)23-17-24(27(34)31-15-11-29-12-16-31)30-26(25(23)33)32-14-9-20-6-4-5-7-21(20)18-32;/h3-7,17,29H,1,8-9,11-16,18H2,2H3;1H. The second kappa shape index (κ2) is 10.5. The van der Waals surface area contributed by atoms with E-state index in [4.69, 9.17) is 4.98 Å². The van der Waals surface area contributed by atoms with E-state index < -0.39 is 0 Å². The third-order valence-electron chi connectivity index (χ3n) is 7.03. The van der Waals surface area contributed by atoms with E-state index in [9.17, 15) is 10.1 Å². The van der Waals surface area contributed by atoms with Crippen LogP contribution in [-0.2, 0) is 25.9 Å². The van der Waals surface area contributed by atoms with Gasteiger partial charge in [-0.3, -0.25) is 4.79 Å². The van der Waals surface area contributed by atoms with Crippen LogP contribution in [0.3, 0.4) is 0 Å². The number of rotatable bonds is 5. The number of piperazine rings is 1. The van der Waals surface area contributed by atoms with Crippen molar-refractivity contribution in [2.45, 2.75) is 32.9 Å². The number of aromatic nitrogens is 2. The molecule has 1 amide bonds. The number of anilines is 1. The van der Waals surface area contributed by atoms with Gasteiger partial charge in [0.1, 0.15) is 5.69 Å². The van der Waals surface area contributed by atoms with E-state index in [1.807, 2.05) is 24.0 Å². The summed E-state index contributed by atoms with van der Waals surface area (Å²) in [5, 5.41) is 13.8. The number of nitrogens with zero attached hydrogens (tertiary/aromatic N) is 5. The first-order valence-electron chi connectivity index (χ1n) is 11.9. The molecule has 0 bridgehead atoms. The lowest BCUT2D eigenvalue weighted by Crippen LogP contribution is -2.46. The van der Waals surface area contributed by atoms with Crippen LogP contribution in [0.15, 0.2) is 43.0 Å². The zero-order chi connectivity index (χ0) is 23.7. The number of pyridine rings is 1. The summed E-state index contributed by atoms with van der Waals surface area (Å²) in [6.45, 7) is 11.1. The van der Waals surface area contributed by atoms with E-state index in [0.717, 1.165) is 60.6 Å². The number of halogens is 1. The Balaban J connectivity index is 0.00000289. The Morgan fingerprint density at radius 3 is 2.69 bits per heavy atom. The average Bonchev–Trinajstić information content (AvgIpc) is 3.14. The van der Waals surface area contributed by atoms with Gasteiger partial charge >= 0.3 is 0 Å². The van der Waals surface area contributed by atoms with E-state index in [1.54, 1.807) is 0 Å². The van der Waals surface area contributed by atoms with Crippen molar-refractivity contribution in [2.75, 3.05) is 37.6 Å². The first kappa shape index (κ1) is 24.8. The maximum absolute atomic E-state index is 13.5. The average molecular weight is 491 g/mol. The molecule has 0 unspecified atom stereocenters. The Morgan fingerprint density at radius 1 is 1.23 bits per heavy atom. The molecule has 0 radical (unpaired) electrons. The van der Waals surface area contributed by atoms with Crippen molar-refractivity contribution >= 4 is 35.0 Å². The maximum atomic E-state index is 13.5. The molecular weight excluding hydrogens is 460 g/mol. The highest BCUT2D eigenvalue weighted by molar-refractivity contribution is 6.01. The predicted octanol–water partition coefficient (Wildman–Crippen LogP) is 3.63. The first-order chi connectivity index (χ1) is 16.6. The largest absolute Gasteiger partial charge is 0.350 e. The SMILES string of the molecule is C=CCn1c(C)c(CC#N)c2cc(C(=O)N3CCNCC3)nc(N3CCc4ccccc4C3)c21.Cl. The molecule has 2 aromatic heterocycles. The van der Waals surface area contributed by atoms with Crippen LogP contribution in [0, 0.1) is 18.3 Å². The summed E-state index contributed by atoms with van der Waals surface area (Å²) in [6, 6.07) is 12.7. The van der Waals surface area contributed by atoms with Gasteiger partial charge < -0.3 is 19.7 Å². The highest BCUT2D eigenvalue weighted by atomic mass is 35.5. The number of allylic oxidation sites excluding steroid dienone is 1. The highest BCUT2D eigenvalue weighted by Crippen LogP contribution is 2.36. The summed E-state index contributed by atoms with van der Waals surface area (Å²) >= 11 is 0. The Hall–Kier alpha value is -3.34. The fourth-order valence-corrected chi connectivity index (χ4v) is 5.24. The van der Waals surface area contributed by atoms with Gasteiger partial charge in [-0.25, -0.2) is 4.98 Å². The number of fused-ring (bicyclic) bond motifs is 2. The quantitative estimate of drug-likeness (QED) is 0.553. The monoisotopic (exact) mass is 490 g/mol. The van der Waals surface area contributed by atoms with Crippen LogP contribution in [-0.4, -0.2) is 53.1 Å². The molecule has 182 valence electrons. The molecule has 8 heteroatoms. The summed E-state index contributed by atoms with van der Waals surface area (Å²) in [7, 11) is 0. The molecule has 0 spiro atoms. The zero-order valence-corrected chi connectivity index (χ0v) is 20.9. The van der Waals surface area contributed by atoms with Crippen molar-refractivity contribution in [3.63, 3.8) is 0 Å². The molecule has 2 aliphatic rings. The fourth-order valence-electron chi connectivity index (χ4n) is 5.24. The van der Waals surface area contributed by atoms with Crippen LogP contribution >= 0.6 is 12.4 Å². The topological polar surface area (TPSA) is 77.2 Å². The van der Waals surface area contributed by atoms with Gasteiger partial charge in [-0.05, 0) is 36.1 Å². The second-order valence-electron chi connectivity index (χ2n) is 9.01. The number of amides is 1. The Kier molecular flexibility index (Phi) is 7.44. The summed E-state index contributed by atoms with van der Waals surface area (Å²) < 4.78 is 2.19. The van der Waals surface area contributed by atoms with E-state index in [1.165, 1.54) is 11.1 Å². The number of hydrogen-bond acceptors (Lipinski definition) is 5. The molecule has 1 saturated heterocycles. The number of carbonyl (C=O) groups is 1. The molecule has 0 saturated carbocycles. The number of nitriles is 1. The third-order valence-corrected chi connectivity index (χ3v) is 7.03. The summed E-state index contributed by atoms with van der Waals surface area (Å²) in [5.74, 6) is 0.777. The van der Waals surface area contributed by atoms with Gasteiger partial charge in [0.25, 0.3) is 5.91 Å². The Labute approximate surface area is 212 Å². The van der Waals surface area contributed by atoms with E-state index in [2.05, 4.69) is 51.7 Å². The number of carbonyl (C=O) groups excluding carboxylic acids is 1. The zero-order valence-electron chi connectivity index (χ0n) is 20.1. The predicted molar refractivity (Wildman–Crippen MR) is 141 cm³/mol. The Bertz CT molecular complexity index is 1300. The molecule has 5 rings (SSSR count). The van der Waals surface area contributed by atoms with Crippen LogP contribution in [0.4, 0.5) is 5.82 Å². The van der Waals surface area contributed by atoms with Crippen molar-refractivity contribution in [1.29, 1.82) is 5.26 Å². The van der Waals surface area contributed by atoms with Crippen LogP contribution < -0.4 is 10.2 Å². The van der Waals surface area contributed by atoms with Crippen molar-refractivity contribution in [2.24, 2.45) is 0 Å². The van der Waals surface area contributed by atoms with E-state index >= 15 is 0 Å². The first-order valence-corrected chi connectivity index (χ1v) is 11.9. The third kappa shape index (κ3) is 4.52. The summed E-state index contributed by atoms with van der Waals surface area (Å²) in [5.41, 5.74) is 6.10. The molecule has 3 aromatic rings. The lowest BCUT2D eigenvalue weighted by atomic mass is 9.99. The maximum Gasteiger partial charge on any atom is 0.272 e. The molecule has 1 fully saturated rings. The molecule has 0 atom stereocenters. The smallest absolute Gasteiger partial charge is 0.272 e. The molecule has 1 N–H and O–H groups in total. The van der Waals surface area contributed by atoms with Crippen molar-refractivity contribution in [1.82, 2.24) is 19.8 Å². The number of hydrogen-bond donors (Lipinski definition) is 1. The van der Waals surface area contributed by atoms with Gasteiger partial charge in [-0.1, -0.05) is 30.3 Å². The minimum atomic E-state index is -0.0425. The van der Waals surface area contributed by atoms with Gasteiger partial charge in [0.05, 0.1) is 18.0 Å². The molecule has 4 heterocycles. The molecule has 7 nitrogen and oxygen atoms in total. The van der Waals surface area contributed by atoms with Gasteiger partial charge in [-0.2, -0.15) is 5.26 Å². The van der Waals surface area contributed by atoms with E-state index in [0.29, 0.717) is 31.7 Å². The number of nitrogens with one attached hydrogen (secondary N) is 1. The van der Waals surface area contributed by atoms with Crippen LogP contribution in [0.25, 0.3) is 10.9 Å². The van der Waals surface area contributed by atoms with Gasteiger partial charge in [-0.15, -0.1) is 19.0 Å². The summed E-state index contributed by atoms with van der Waals surface area (Å²) in [6.07, 6.45) is 3.10. The molecular formula is C27H31ClN6O. The molecule has 0 aliphatic carbocycles. The summed E-state index contributed by atoms with van der Waals surface area (Å²) in [4.78, 5) is 22.7. The lowest BCUT2D eigenvalue weighted by Gasteiger charge is -2.31. The highest BCUT2D eigenvalue weighted by Gasteiger charge is 2.27. The van der Waals surface area contributed by atoms with Gasteiger partial charge in [0.2, 0.25) is 0 Å². The Morgan fingerprint density at radius 2 is 1.97 bits per heavy atom. The molecule has 2 aliphatic heterocycles. The van der Waals surface area contributed by atoms with Crippen LogP contribution in [0.1, 0.15) is 32.9 Å². The normalized spacial score (nSPS) is 15.3.